The molecular weight excluding hydrogens is 288 g/mol. The molecule has 0 unspecified atom stereocenters. The summed E-state index contributed by atoms with van der Waals surface area (Å²) in [5, 5.41) is 3.87. The first-order chi connectivity index (χ1) is 11.1. The lowest BCUT2D eigenvalue weighted by atomic mass is 10.1. The Bertz CT molecular complexity index is 861. The molecule has 0 saturated carbocycles. The third-order valence-corrected chi connectivity index (χ3v) is 3.67. The van der Waals surface area contributed by atoms with Crippen molar-refractivity contribution in [2.24, 2.45) is 0 Å². The summed E-state index contributed by atoms with van der Waals surface area (Å²) >= 11 is 0. The summed E-state index contributed by atoms with van der Waals surface area (Å²) in [5.41, 5.74) is 15.1. The molecular formula is C18H18N4O. The van der Waals surface area contributed by atoms with Crippen molar-refractivity contribution in [1.29, 1.82) is 0 Å². The number of nitrogens with one attached hydrogen (secondary N) is 1. The van der Waals surface area contributed by atoms with Gasteiger partial charge < -0.3 is 16.8 Å². The van der Waals surface area contributed by atoms with Crippen LogP contribution in [0.1, 0.15) is 12.0 Å². The first kappa shape index (κ1) is 14.8. The van der Waals surface area contributed by atoms with Gasteiger partial charge in [-0.15, -0.1) is 0 Å². The van der Waals surface area contributed by atoms with Gasteiger partial charge in [-0.2, -0.15) is 0 Å². The zero-order chi connectivity index (χ0) is 16.2. The lowest BCUT2D eigenvalue weighted by Crippen LogP contribution is -2.12. The van der Waals surface area contributed by atoms with Crippen LogP contribution in [0, 0.1) is 0 Å². The van der Waals surface area contributed by atoms with Crippen LogP contribution in [-0.2, 0) is 11.2 Å². The predicted molar refractivity (Wildman–Crippen MR) is 94.0 cm³/mol. The van der Waals surface area contributed by atoms with E-state index in [1.807, 2.05) is 36.4 Å². The molecule has 0 aliphatic heterocycles. The fourth-order valence-electron chi connectivity index (χ4n) is 2.40. The van der Waals surface area contributed by atoms with Crippen LogP contribution in [0.25, 0.3) is 10.9 Å². The molecule has 1 amide bonds. The number of anilines is 3. The van der Waals surface area contributed by atoms with Gasteiger partial charge in [0, 0.05) is 11.8 Å². The molecule has 3 aromatic rings. The molecule has 0 aliphatic rings. The lowest BCUT2D eigenvalue weighted by molar-refractivity contribution is -0.116. The van der Waals surface area contributed by atoms with Gasteiger partial charge in [0.2, 0.25) is 5.91 Å². The van der Waals surface area contributed by atoms with Crippen LogP contribution in [0.15, 0.2) is 54.7 Å². The zero-order valence-corrected chi connectivity index (χ0v) is 12.6. The van der Waals surface area contributed by atoms with Crippen LogP contribution in [0.3, 0.4) is 0 Å². The van der Waals surface area contributed by atoms with Gasteiger partial charge in [0.15, 0.2) is 0 Å². The second-order valence-electron chi connectivity index (χ2n) is 5.43. The Hall–Kier alpha value is -3.08. The number of fused-ring (bicyclic) bond motifs is 1. The molecule has 1 aromatic heterocycles. The van der Waals surface area contributed by atoms with Gasteiger partial charge >= 0.3 is 0 Å². The number of rotatable bonds is 4. The topological polar surface area (TPSA) is 94.0 Å². The summed E-state index contributed by atoms with van der Waals surface area (Å²) in [6.07, 6.45) is 2.65. The van der Waals surface area contributed by atoms with Gasteiger partial charge in [-0.05, 0) is 36.2 Å². The number of hydrogen-bond donors (Lipinski definition) is 3. The van der Waals surface area contributed by atoms with Crippen LogP contribution in [0.5, 0.6) is 0 Å². The van der Waals surface area contributed by atoms with E-state index in [0.717, 1.165) is 16.5 Å². The molecule has 0 spiro atoms. The third-order valence-electron chi connectivity index (χ3n) is 3.67. The summed E-state index contributed by atoms with van der Waals surface area (Å²) in [7, 11) is 0. The summed E-state index contributed by atoms with van der Waals surface area (Å²) < 4.78 is 0. The Balaban J connectivity index is 1.62. The Labute approximate surface area is 134 Å². The van der Waals surface area contributed by atoms with Crippen molar-refractivity contribution in [3.63, 3.8) is 0 Å². The number of benzene rings is 2. The van der Waals surface area contributed by atoms with E-state index in [1.165, 1.54) is 0 Å². The number of amides is 1. The number of pyridine rings is 1. The van der Waals surface area contributed by atoms with Crippen molar-refractivity contribution in [1.82, 2.24) is 4.98 Å². The van der Waals surface area contributed by atoms with E-state index >= 15 is 0 Å². The molecule has 5 nitrogen and oxygen atoms in total. The average molecular weight is 306 g/mol. The van der Waals surface area contributed by atoms with Crippen LogP contribution in [0.2, 0.25) is 0 Å². The van der Waals surface area contributed by atoms with Crippen LogP contribution in [-0.4, -0.2) is 10.9 Å². The van der Waals surface area contributed by atoms with E-state index < -0.39 is 0 Å². The highest BCUT2D eigenvalue weighted by Gasteiger charge is 2.05. The highest BCUT2D eigenvalue weighted by Crippen LogP contribution is 2.18. The smallest absolute Gasteiger partial charge is 0.224 e. The number of carbonyl (C=O) groups is 1. The number of para-hydroxylation sites is 1. The molecule has 0 aliphatic carbocycles. The Kier molecular flexibility index (Phi) is 4.10. The summed E-state index contributed by atoms with van der Waals surface area (Å²) in [6, 6.07) is 15.2. The second-order valence-corrected chi connectivity index (χ2v) is 5.43. The Morgan fingerprint density at radius 2 is 1.87 bits per heavy atom. The zero-order valence-electron chi connectivity index (χ0n) is 12.6. The maximum atomic E-state index is 12.1. The van der Waals surface area contributed by atoms with E-state index in [0.29, 0.717) is 29.9 Å². The van der Waals surface area contributed by atoms with Crippen molar-refractivity contribution >= 4 is 33.9 Å². The SMILES string of the molecule is Nc1ccc(CCC(=O)Nc2cnc3ccccc3c2)cc1N. The molecule has 0 bridgehead atoms. The number of carbonyl (C=O) groups excluding carboxylic acids is 1. The first-order valence-electron chi connectivity index (χ1n) is 7.40. The van der Waals surface area contributed by atoms with Crippen molar-refractivity contribution in [3.05, 3.63) is 60.3 Å². The number of aromatic nitrogens is 1. The molecule has 1 heterocycles. The molecule has 116 valence electrons. The molecule has 0 saturated heterocycles. The number of nitrogen functional groups attached to an aromatic ring is 2. The monoisotopic (exact) mass is 306 g/mol. The molecule has 0 atom stereocenters. The minimum absolute atomic E-state index is 0.0579. The van der Waals surface area contributed by atoms with E-state index in [1.54, 1.807) is 18.3 Å². The van der Waals surface area contributed by atoms with Gasteiger partial charge in [0.05, 0.1) is 28.8 Å². The van der Waals surface area contributed by atoms with Crippen molar-refractivity contribution < 1.29 is 4.79 Å². The fraction of sp³-hybridized carbons (Fsp3) is 0.111. The van der Waals surface area contributed by atoms with Gasteiger partial charge in [0.25, 0.3) is 0 Å². The lowest BCUT2D eigenvalue weighted by Gasteiger charge is -2.07. The third kappa shape index (κ3) is 3.58. The maximum absolute atomic E-state index is 12.1. The summed E-state index contributed by atoms with van der Waals surface area (Å²) in [6.45, 7) is 0. The normalized spacial score (nSPS) is 10.6. The van der Waals surface area contributed by atoms with Crippen molar-refractivity contribution in [2.75, 3.05) is 16.8 Å². The first-order valence-corrected chi connectivity index (χ1v) is 7.40. The second kappa shape index (κ2) is 6.36. The molecule has 5 heteroatoms. The molecule has 0 radical (unpaired) electrons. The van der Waals surface area contributed by atoms with E-state index in [9.17, 15) is 4.79 Å². The largest absolute Gasteiger partial charge is 0.397 e. The van der Waals surface area contributed by atoms with Gasteiger partial charge in [-0.3, -0.25) is 9.78 Å². The van der Waals surface area contributed by atoms with Crippen LogP contribution >= 0.6 is 0 Å². The Morgan fingerprint density at radius 1 is 1.04 bits per heavy atom. The summed E-state index contributed by atoms with van der Waals surface area (Å²) in [4.78, 5) is 16.4. The molecule has 0 fully saturated rings. The van der Waals surface area contributed by atoms with Crippen molar-refractivity contribution in [2.45, 2.75) is 12.8 Å². The summed E-state index contributed by atoms with van der Waals surface area (Å²) in [5.74, 6) is -0.0579. The van der Waals surface area contributed by atoms with E-state index in [2.05, 4.69) is 10.3 Å². The fourth-order valence-corrected chi connectivity index (χ4v) is 2.40. The maximum Gasteiger partial charge on any atom is 0.224 e. The highest BCUT2D eigenvalue weighted by atomic mass is 16.1. The molecule has 2 aromatic carbocycles. The minimum Gasteiger partial charge on any atom is -0.397 e. The van der Waals surface area contributed by atoms with Crippen molar-refractivity contribution in [3.8, 4) is 0 Å². The number of aryl methyl sites for hydroxylation is 1. The number of nitrogens with two attached hydrogens (primary N) is 2. The molecule has 5 N–H and O–H groups in total. The van der Waals surface area contributed by atoms with E-state index in [-0.39, 0.29) is 5.91 Å². The number of nitrogens with zero attached hydrogens (tertiary/aromatic N) is 1. The van der Waals surface area contributed by atoms with Gasteiger partial charge in [0.1, 0.15) is 0 Å². The van der Waals surface area contributed by atoms with Crippen LogP contribution in [0.4, 0.5) is 17.1 Å². The van der Waals surface area contributed by atoms with Gasteiger partial charge in [-0.1, -0.05) is 24.3 Å². The quantitative estimate of drug-likeness (QED) is 0.646. The molecule has 23 heavy (non-hydrogen) atoms. The van der Waals surface area contributed by atoms with Crippen LogP contribution < -0.4 is 16.8 Å². The predicted octanol–water partition coefficient (Wildman–Crippen LogP) is 2.97. The highest BCUT2D eigenvalue weighted by molar-refractivity contribution is 5.93. The minimum atomic E-state index is -0.0579. The molecule has 3 rings (SSSR count). The number of hydrogen-bond acceptors (Lipinski definition) is 4. The average Bonchev–Trinajstić information content (AvgIpc) is 2.56. The standard InChI is InChI=1S/C18H18N4O/c19-15-7-5-12(9-16(15)20)6-8-18(23)22-14-10-13-3-1-2-4-17(13)21-11-14/h1-5,7,9-11H,6,8,19-20H2,(H,22,23). The van der Waals surface area contributed by atoms with Gasteiger partial charge in [-0.25, -0.2) is 0 Å². The van der Waals surface area contributed by atoms with E-state index in [4.69, 9.17) is 11.5 Å². The Morgan fingerprint density at radius 3 is 2.70 bits per heavy atom.